The van der Waals surface area contributed by atoms with Crippen molar-refractivity contribution in [2.75, 3.05) is 5.73 Å². The number of nitrogens with zero attached hydrogens (tertiary/aromatic N) is 5. The highest BCUT2D eigenvalue weighted by Gasteiger charge is 2.22. The van der Waals surface area contributed by atoms with E-state index in [1.807, 2.05) is 0 Å². The number of halogens is 1. The number of rotatable bonds is 4. The molecule has 0 spiro atoms. The number of aromatic amines is 1. The minimum atomic E-state index is -0.510. The van der Waals surface area contributed by atoms with E-state index in [1.165, 1.54) is 39.9 Å². The van der Waals surface area contributed by atoms with Crippen molar-refractivity contribution in [2.24, 2.45) is 0 Å². The van der Waals surface area contributed by atoms with Gasteiger partial charge in [-0.05, 0) is 37.3 Å². The molecule has 11 heteroatoms. The Morgan fingerprint density at radius 2 is 1.88 bits per heavy atom. The minimum Gasteiger partial charge on any atom is -0.448 e. The van der Waals surface area contributed by atoms with E-state index in [9.17, 15) is 14.0 Å². The number of fused-ring (bicyclic) bond motifs is 1. The van der Waals surface area contributed by atoms with Gasteiger partial charge in [-0.2, -0.15) is 0 Å². The van der Waals surface area contributed by atoms with E-state index in [0.717, 1.165) is 0 Å². The molecule has 0 fully saturated rings. The van der Waals surface area contributed by atoms with Crippen LogP contribution in [0.1, 0.15) is 11.5 Å². The predicted octanol–water partition coefficient (Wildman–Crippen LogP) is 1.98. The van der Waals surface area contributed by atoms with Gasteiger partial charge in [0.15, 0.2) is 12.0 Å². The van der Waals surface area contributed by atoms with Crippen molar-refractivity contribution in [1.82, 2.24) is 29.1 Å². The van der Waals surface area contributed by atoms with E-state index in [2.05, 4.69) is 20.1 Å². The Hall–Kier alpha value is -4.54. The number of aryl methyl sites for hydroxylation is 1. The molecule has 10 nitrogen and oxygen atoms in total. The molecule has 1 aromatic carbocycles. The molecule has 32 heavy (non-hydrogen) atoms. The minimum absolute atomic E-state index is 0.0687. The van der Waals surface area contributed by atoms with Crippen LogP contribution in [0.5, 0.6) is 0 Å². The first kappa shape index (κ1) is 19.4. The highest BCUT2D eigenvalue weighted by atomic mass is 19.1. The lowest BCUT2D eigenvalue weighted by Crippen LogP contribution is -2.24. The average Bonchev–Trinajstić information content (AvgIpc) is 3.33. The first-order valence-electron chi connectivity index (χ1n) is 9.55. The van der Waals surface area contributed by atoms with Crippen molar-refractivity contribution in [3.63, 3.8) is 0 Å². The summed E-state index contributed by atoms with van der Waals surface area (Å²) in [5, 5.41) is 4.49. The van der Waals surface area contributed by atoms with Crippen molar-refractivity contribution in [3.8, 4) is 22.4 Å². The Balaban J connectivity index is 1.82. The number of aromatic nitrogens is 6. The highest BCUT2D eigenvalue weighted by molar-refractivity contribution is 5.90. The number of hydrogen-bond acceptors (Lipinski definition) is 7. The van der Waals surface area contributed by atoms with Gasteiger partial charge >= 0.3 is 5.69 Å². The summed E-state index contributed by atoms with van der Waals surface area (Å²) in [6.45, 7) is 1.80. The third-order valence-corrected chi connectivity index (χ3v) is 5.09. The molecule has 0 aliphatic rings. The number of oxazole rings is 1. The van der Waals surface area contributed by atoms with Gasteiger partial charge in [0, 0.05) is 23.4 Å². The molecule has 0 aliphatic carbocycles. The molecule has 0 amide bonds. The summed E-state index contributed by atoms with van der Waals surface area (Å²) in [6.07, 6.45) is 2.79. The van der Waals surface area contributed by atoms with E-state index in [0.29, 0.717) is 33.8 Å². The van der Waals surface area contributed by atoms with Gasteiger partial charge in [0.2, 0.25) is 11.5 Å². The summed E-state index contributed by atoms with van der Waals surface area (Å²) >= 11 is 0. The molecule has 0 unspecified atom stereocenters. The Kier molecular flexibility index (Phi) is 4.43. The molecule has 4 aromatic heterocycles. The van der Waals surface area contributed by atoms with Crippen LogP contribution in [0.4, 0.5) is 10.3 Å². The first-order chi connectivity index (χ1) is 15.4. The van der Waals surface area contributed by atoms with Crippen LogP contribution in [-0.4, -0.2) is 29.1 Å². The second-order valence-electron chi connectivity index (χ2n) is 7.10. The number of H-pyrrole nitrogens is 1. The van der Waals surface area contributed by atoms with Gasteiger partial charge in [-0.3, -0.25) is 4.79 Å². The van der Waals surface area contributed by atoms with Gasteiger partial charge in [-0.15, -0.1) is 5.10 Å². The SMILES string of the molecule is Cc1ocnc1Cn1nc2c(-c3ccc(=O)[nH]c3)c(-c3ccc(F)cc3)nc(N)n2c1=O. The third kappa shape index (κ3) is 3.16. The summed E-state index contributed by atoms with van der Waals surface area (Å²) < 4.78 is 21.1. The monoisotopic (exact) mass is 433 g/mol. The van der Waals surface area contributed by atoms with Crippen LogP contribution in [0.3, 0.4) is 0 Å². The number of nitrogens with two attached hydrogens (primary N) is 1. The molecule has 0 saturated heterocycles. The fraction of sp³-hybridized carbons (Fsp3) is 0.0952. The van der Waals surface area contributed by atoms with Crippen molar-refractivity contribution < 1.29 is 8.81 Å². The maximum absolute atomic E-state index is 13.5. The number of anilines is 1. The smallest absolute Gasteiger partial charge is 0.353 e. The summed E-state index contributed by atoms with van der Waals surface area (Å²) in [5.74, 6) is 0.0745. The number of benzene rings is 1. The fourth-order valence-electron chi connectivity index (χ4n) is 3.48. The predicted molar refractivity (Wildman–Crippen MR) is 113 cm³/mol. The largest absolute Gasteiger partial charge is 0.448 e. The van der Waals surface area contributed by atoms with E-state index in [1.54, 1.807) is 25.1 Å². The zero-order valence-corrected chi connectivity index (χ0v) is 16.7. The second-order valence-corrected chi connectivity index (χ2v) is 7.10. The molecule has 0 aliphatic heterocycles. The summed E-state index contributed by atoms with van der Waals surface area (Å²) in [5.41, 5.74) is 8.08. The quantitative estimate of drug-likeness (QED) is 0.442. The van der Waals surface area contributed by atoms with E-state index in [4.69, 9.17) is 10.2 Å². The number of nitrogens with one attached hydrogen (secondary N) is 1. The Morgan fingerprint density at radius 3 is 2.53 bits per heavy atom. The van der Waals surface area contributed by atoms with Crippen molar-refractivity contribution in [3.05, 3.63) is 87.1 Å². The Bertz CT molecular complexity index is 1560. The molecule has 0 atom stereocenters. The normalized spacial score (nSPS) is 11.3. The third-order valence-electron chi connectivity index (χ3n) is 5.09. The van der Waals surface area contributed by atoms with Gasteiger partial charge in [0.1, 0.15) is 17.3 Å². The van der Waals surface area contributed by atoms with Crippen molar-refractivity contribution >= 4 is 11.6 Å². The molecule has 0 radical (unpaired) electrons. The van der Waals surface area contributed by atoms with Crippen molar-refractivity contribution in [1.29, 1.82) is 0 Å². The number of pyridine rings is 1. The van der Waals surface area contributed by atoms with Gasteiger partial charge in [0.25, 0.3) is 0 Å². The van der Waals surface area contributed by atoms with Gasteiger partial charge in [-0.1, -0.05) is 0 Å². The summed E-state index contributed by atoms with van der Waals surface area (Å²) in [4.78, 5) is 35.9. The van der Waals surface area contributed by atoms with E-state index < -0.39 is 11.5 Å². The van der Waals surface area contributed by atoms with Crippen LogP contribution < -0.4 is 17.0 Å². The average molecular weight is 433 g/mol. The van der Waals surface area contributed by atoms with Crippen LogP contribution >= 0.6 is 0 Å². The van der Waals surface area contributed by atoms with Crippen LogP contribution in [0.25, 0.3) is 28.0 Å². The molecule has 160 valence electrons. The molecule has 4 heterocycles. The van der Waals surface area contributed by atoms with Crippen molar-refractivity contribution in [2.45, 2.75) is 13.5 Å². The first-order valence-corrected chi connectivity index (χ1v) is 9.55. The topological polar surface area (TPSA) is 137 Å². The molecule has 0 bridgehead atoms. The molecule has 3 N–H and O–H groups in total. The van der Waals surface area contributed by atoms with Crippen LogP contribution in [0, 0.1) is 12.7 Å². The highest BCUT2D eigenvalue weighted by Crippen LogP contribution is 2.33. The zero-order valence-electron chi connectivity index (χ0n) is 16.7. The lowest BCUT2D eigenvalue weighted by atomic mass is 10.0. The molecule has 5 rings (SSSR count). The standard InChI is InChI=1S/C21H16FN7O3/c1-11-15(25-10-32-11)9-28-21(31)29-19(27-28)17(13-4-7-16(30)24-8-13)18(26-20(29)23)12-2-5-14(22)6-3-12/h2-8,10H,9H2,1H3,(H2,23,26)(H,24,30). The second kappa shape index (κ2) is 7.30. The van der Waals surface area contributed by atoms with E-state index >= 15 is 0 Å². The van der Waals surface area contributed by atoms with Gasteiger partial charge in [-0.25, -0.2) is 28.2 Å². The number of nitrogen functional groups attached to an aromatic ring is 1. The molecule has 5 aromatic rings. The van der Waals surface area contributed by atoms with E-state index in [-0.39, 0.29) is 23.7 Å². The van der Waals surface area contributed by atoms with Crippen LogP contribution in [-0.2, 0) is 6.54 Å². The zero-order chi connectivity index (χ0) is 22.4. The Labute approximate surface area is 178 Å². The number of hydrogen-bond donors (Lipinski definition) is 2. The lowest BCUT2D eigenvalue weighted by Gasteiger charge is -2.11. The lowest BCUT2D eigenvalue weighted by molar-refractivity contribution is 0.521. The Morgan fingerprint density at radius 1 is 1.12 bits per heavy atom. The fourth-order valence-corrected chi connectivity index (χ4v) is 3.48. The maximum Gasteiger partial charge on any atom is 0.353 e. The molecular formula is C21H16FN7O3. The summed E-state index contributed by atoms with van der Waals surface area (Å²) in [7, 11) is 0. The van der Waals surface area contributed by atoms with Gasteiger partial charge in [0.05, 0.1) is 17.8 Å². The maximum atomic E-state index is 13.5. The molecule has 0 saturated carbocycles. The van der Waals surface area contributed by atoms with Crippen LogP contribution in [0.15, 0.2) is 63.0 Å². The summed E-state index contributed by atoms with van der Waals surface area (Å²) in [6, 6.07) is 8.64. The molecular weight excluding hydrogens is 417 g/mol. The van der Waals surface area contributed by atoms with Gasteiger partial charge < -0.3 is 15.1 Å². The van der Waals surface area contributed by atoms with Crippen LogP contribution in [0.2, 0.25) is 0 Å².